The molecule has 1 saturated heterocycles. The van der Waals surface area contributed by atoms with Gasteiger partial charge in [0.2, 0.25) is 11.8 Å². The van der Waals surface area contributed by atoms with Gasteiger partial charge in [0, 0.05) is 25.2 Å². The molecule has 0 spiro atoms. The van der Waals surface area contributed by atoms with Crippen LogP contribution in [0.15, 0.2) is 6.07 Å². The molecular weight excluding hydrogens is 322 g/mol. The first-order valence-electron chi connectivity index (χ1n) is 8.89. The third-order valence-corrected chi connectivity index (χ3v) is 5.01. The van der Waals surface area contributed by atoms with Crippen molar-refractivity contribution >= 4 is 29.1 Å². The summed E-state index contributed by atoms with van der Waals surface area (Å²) in [6.07, 6.45) is 7.37. The smallest absolute Gasteiger partial charge is 0.234 e. The van der Waals surface area contributed by atoms with Crippen LogP contribution in [0.25, 0.3) is 0 Å². The summed E-state index contributed by atoms with van der Waals surface area (Å²) in [5, 5.41) is 7.07. The summed E-state index contributed by atoms with van der Waals surface area (Å²) >= 11 is 5.41. The van der Waals surface area contributed by atoms with E-state index in [4.69, 9.17) is 17.0 Å². The number of nitrogens with zero attached hydrogens (tertiary/aromatic N) is 3. The number of thiocarbonyl (C=S) groups is 1. The van der Waals surface area contributed by atoms with Crippen molar-refractivity contribution in [1.82, 2.24) is 15.3 Å². The highest BCUT2D eigenvalue weighted by Crippen LogP contribution is 2.25. The van der Waals surface area contributed by atoms with Gasteiger partial charge in [0.1, 0.15) is 5.82 Å². The minimum atomic E-state index is 0.470. The second kappa shape index (κ2) is 7.96. The van der Waals surface area contributed by atoms with E-state index >= 15 is 0 Å². The largest absolute Gasteiger partial charge is 0.481 e. The summed E-state index contributed by atoms with van der Waals surface area (Å²) in [7, 11) is 1.63. The van der Waals surface area contributed by atoms with Gasteiger partial charge in [0.15, 0.2) is 5.11 Å². The third kappa shape index (κ3) is 4.47. The second-order valence-electron chi connectivity index (χ2n) is 6.87. The maximum absolute atomic E-state index is 5.41. The van der Waals surface area contributed by atoms with E-state index in [0.29, 0.717) is 28.9 Å². The molecule has 7 heteroatoms. The van der Waals surface area contributed by atoms with E-state index in [1.165, 1.54) is 38.5 Å². The van der Waals surface area contributed by atoms with Gasteiger partial charge in [-0.15, -0.1) is 0 Å². The molecule has 0 aromatic carbocycles. The Morgan fingerprint density at radius 2 is 2.04 bits per heavy atom. The second-order valence-corrected chi connectivity index (χ2v) is 7.27. The number of methoxy groups -OCH3 is 1. The van der Waals surface area contributed by atoms with Crippen LogP contribution < -0.4 is 20.3 Å². The van der Waals surface area contributed by atoms with E-state index in [1.54, 1.807) is 7.11 Å². The number of hydrogen-bond acceptors (Lipinski definition) is 5. The van der Waals surface area contributed by atoms with E-state index in [-0.39, 0.29) is 0 Å². The molecule has 132 valence electrons. The van der Waals surface area contributed by atoms with Gasteiger partial charge in [-0.3, -0.25) is 0 Å². The Kier molecular flexibility index (Phi) is 5.71. The molecule has 0 bridgehead atoms. The van der Waals surface area contributed by atoms with E-state index in [0.717, 1.165) is 18.9 Å². The van der Waals surface area contributed by atoms with Crippen molar-refractivity contribution < 1.29 is 4.74 Å². The Labute approximate surface area is 149 Å². The first-order chi connectivity index (χ1) is 11.6. The first kappa shape index (κ1) is 17.2. The van der Waals surface area contributed by atoms with Crippen molar-refractivity contribution in [2.45, 2.75) is 51.5 Å². The summed E-state index contributed by atoms with van der Waals surface area (Å²) in [4.78, 5) is 11.3. The topological polar surface area (TPSA) is 62.3 Å². The predicted molar refractivity (Wildman–Crippen MR) is 101 cm³/mol. The molecule has 0 amide bonds. The highest BCUT2D eigenvalue weighted by Gasteiger charge is 2.20. The number of nitrogens with one attached hydrogen (secondary N) is 2. The van der Waals surface area contributed by atoms with Crippen LogP contribution in [0.5, 0.6) is 5.88 Å². The maximum atomic E-state index is 5.41. The van der Waals surface area contributed by atoms with Gasteiger partial charge in [-0.05, 0) is 43.8 Å². The van der Waals surface area contributed by atoms with E-state index in [9.17, 15) is 0 Å². The lowest BCUT2D eigenvalue weighted by atomic mass is 10.0. The lowest BCUT2D eigenvalue weighted by Gasteiger charge is -2.32. The molecule has 2 N–H and O–H groups in total. The number of rotatable bonds is 4. The summed E-state index contributed by atoms with van der Waals surface area (Å²) in [6.45, 7) is 4.32. The first-order valence-corrected chi connectivity index (χ1v) is 9.30. The minimum Gasteiger partial charge on any atom is -0.481 e. The van der Waals surface area contributed by atoms with Gasteiger partial charge in [0.25, 0.3) is 0 Å². The molecule has 1 aromatic heterocycles. The molecule has 2 heterocycles. The molecule has 1 aromatic rings. The molecule has 1 saturated carbocycles. The summed E-state index contributed by atoms with van der Waals surface area (Å²) < 4.78 is 5.35. The van der Waals surface area contributed by atoms with Crippen molar-refractivity contribution in [3.05, 3.63) is 6.07 Å². The van der Waals surface area contributed by atoms with Gasteiger partial charge >= 0.3 is 0 Å². The SMILES string of the molecule is COc1cc(N2CCC[C@H](C)C2)nc(NC(=S)NC2CCCC2)n1. The number of aromatic nitrogens is 2. The van der Waals surface area contributed by atoms with Crippen molar-refractivity contribution in [3.63, 3.8) is 0 Å². The molecule has 1 atom stereocenters. The Hall–Kier alpha value is -1.63. The third-order valence-electron chi connectivity index (χ3n) is 4.79. The van der Waals surface area contributed by atoms with E-state index < -0.39 is 0 Å². The lowest BCUT2D eigenvalue weighted by molar-refractivity contribution is 0.396. The van der Waals surface area contributed by atoms with Crippen molar-refractivity contribution in [2.24, 2.45) is 5.92 Å². The van der Waals surface area contributed by atoms with Gasteiger partial charge < -0.3 is 20.3 Å². The Morgan fingerprint density at radius 1 is 1.25 bits per heavy atom. The fourth-order valence-corrected chi connectivity index (χ4v) is 3.78. The standard InChI is InChI=1S/C17H27N5OS/c1-12-6-5-9-22(11-12)14-10-15(23-2)20-16(19-14)21-17(24)18-13-7-3-4-8-13/h10,12-13H,3-9,11H2,1-2H3,(H2,18,19,20,21,24)/t12-/m0/s1. The van der Waals surface area contributed by atoms with E-state index in [2.05, 4.69) is 32.4 Å². The summed E-state index contributed by atoms with van der Waals surface area (Å²) in [6, 6.07) is 2.37. The number of piperidine rings is 1. The van der Waals surface area contributed by atoms with Gasteiger partial charge in [-0.1, -0.05) is 19.8 Å². The molecule has 2 aliphatic rings. The Balaban J connectivity index is 1.69. The molecular formula is C17H27N5OS. The molecule has 1 aliphatic heterocycles. The Bertz CT molecular complexity index is 576. The molecule has 1 aliphatic carbocycles. The van der Waals surface area contributed by atoms with E-state index in [1.807, 2.05) is 6.07 Å². The summed E-state index contributed by atoms with van der Waals surface area (Å²) in [5.41, 5.74) is 0. The molecule has 6 nitrogen and oxygen atoms in total. The highest BCUT2D eigenvalue weighted by molar-refractivity contribution is 7.80. The van der Waals surface area contributed by atoms with Crippen LogP contribution in [0.2, 0.25) is 0 Å². The van der Waals surface area contributed by atoms with Crippen LogP contribution in [0.4, 0.5) is 11.8 Å². The monoisotopic (exact) mass is 349 g/mol. The zero-order valence-corrected chi connectivity index (χ0v) is 15.4. The average Bonchev–Trinajstić information content (AvgIpc) is 3.07. The molecule has 0 unspecified atom stereocenters. The zero-order valence-electron chi connectivity index (χ0n) is 14.5. The number of hydrogen-bond donors (Lipinski definition) is 2. The van der Waals surface area contributed by atoms with Gasteiger partial charge in [-0.25, -0.2) is 0 Å². The van der Waals surface area contributed by atoms with Crippen molar-refractivity contribution in [2.75, 3.05) is 30.4 Å². The fraction of sp³-hybridized carbons (Fsp3) is 0.706. The van der Waals surface area contributed by atoms with Crippen LogP contribution >= 0.6 is 12.2 Å². The number of anilines is 2. The Morgan fingerprint density at radius 3 is 2.75 bits per heavy atom. The number of ether oxygens (including phenoxy) is 1. The molecule has 0 radical (unpaired) electrons. The predicted octanol–water partition coefficient (Wildman–Crippen LogP) is 2.95. The lowest BCUT2D eigenvalue weighted by Crippen LogP contribution is -2.37. The van der Waals surface area contributed by atoms with Crippen LogP contribution in [0.1, 0.15) is 45.4 Å². The zero-order chi connectivity index (χ0) is 16.9. The average molecular weight is 350 g/mol. The quantitative estimate of drug-likeness (QED) is 0.810. The molecule has 3 rings (SSSR count). The molecule has 2 fully saturated rings. The fourth-order valence-electron chi connectivity index (χ4n) is 3.53. The summed E-state index contributed by atoms with van der Waals surface area (Å²) in [5.74, 6) is 2.64. The van der Waals surface area contributed by atoms with Gasteiger partial charge in [-0.2, -0.15) is 9.97 Å². The van der Waals surface area contributed by atoms with Crippen LogP contribution in [0.3, 0.4) is 0 Å². The van der Waals surface area contributed by atoms with Crippen molar-refractivity contribution in [3.8, 4) is 5.88 Å². The van der Waals surface area contributed by atoms with Crippen LogP contribution in [-0.4, -0.2) is 41.3 Å². The van der Waals surface area contributed by atoms with Crippen molar-refractivity contribution in [1.29, 1.82) is 0 Å². The van der Waals surface area contributed by atoms with Gasteiger partial charge in [0.05, 0.1) is 7.11 Å². The van der Waals surface area contributed by atoms with Crippen LogP contribution in [0, 0.1) is 5.92 Å². The molecule has 24 heavy (non-hydrogen) atoms. The maximum Gasteiger partial charge on any atom is 0.234 e. The normalized spacial score (nSPS) is 21.6. The highest BCUT2D eigenvalue weighted by atomic mass is 32.1. The minimum absolute atomic E-state index is 0.470. The van der Waals surface area contributed by atoms with Crippen LogP contribution in [-0.2, 0) is 0 Å².